The van der Waals surface area contributed by atoms with Crippen LogP contribution in [-0.2, 0) is 12.7 Å². The third-order valence-electron chi connectivity index (χ3n) is 3.11. The van der Waals surface area contributed by atoms with Crippen LogP contribution in [0.25, 0.3) is 0 Å². The van der Waals surface area contributed by atoms with Gasteiger partial charge >= 0.3 is 6.18 Å². The molecule has 1 N–H and O–H groups in total. The number of aromatic nitrogens is 1. The van der Waals surface area contributed by atoms with Gasteiger partial charge in [-0.25, -0.2) is 4.39 Å². The van der Waals surface area contributed by atoms with Gasteiger partial charge in [-0.1, -0.05) is 12.1 Å². The fourth-order valence-electron chi connectivity index (χ4n) is 1.97. The summed E-state index contributed by atoms with van der Waals surface area (Å²) in [5.74, 6) is -0.899. The summed E-state index contributed by atoms with van der Waals surface area (Å²) in [7, 11) is 0. The molecule has 112 valence electrons. The minimum Gasteiger partial charge on any atom is -0.305 e. The molecule has 1 atom stereocenters. The molecule has 2 rings (SSSR count). The molecule has 0 bridgehead atoms. The van der Waals surface area contributed by atoms with Crippen molar-refractivity contribution in [2.24, 2.45) is 0 Å². The Morgan fingerprint density at radius 3 is 2.57 bits per heavy atom. The Kier molecular flexibility index (Phi) is 4.57. The minimum atomic E-state index is -4.58. The lowest BCUT2D eigenvalue weighted by Crippen LogP contribution is -2.21. The summed E-state index contributed by atoms with van der Waals surface area (Å²) in [6.45, 7) is 1.78. The maximum absolute atomic E-state index is 13.0. The Labute approximate surface area is 119 Å². The van der Waals surface area contributed by atoms with E-state index < -0.39 is 17.6 Å². The molecule has 1 aromatic heterocycles. The van der Waals surface area contributed by atoms with Crippen molar-refractivity contribution < 1.29 is 17.6 Å². The Morgan fingerprint density at radius 1 is 1.19 bits per heavy atom. The maximum Gasteiger partial charge on any atom is 0.416 e. The molecular weight excluding hydrogens is 284 g/mol. The van der Waals surface area contributed by atoms with E-state index in [9.17, 15) is 17.6 Å². The van der Waals surface area contributed by atoms with E-state index in [1.165, 1.54) is 0 Å². The van der Waals surface area contributed by atoms with E-state index in [4.69, 9.17) is 0 Å². The molecule has 0 aliphatic heterocycles. The predicted octanol–water partition coefficient (Wildman–Crippen LogP) is 4.09. The van der Waals surface area contributed by atoms with Crippen molar-refractivity contribution in [3.8, 4) is 0 Å². The number of hydrogen-bond acceptors (Lipinski definition) is 2. The zero-order valence-electron chi connectivity index (χ0n) is 11.3. The molecule has 0 aliphatic rings. The molecule has 1 heterocycles. The van der Waals surface area contributed by atoms with Gasteiger partial charge in [0.25, 0.3) is 0 Å². The summed E-state index contributed by atoms with van der Waals surface area (Å²) in [6, 6.07) is 7.83. The number of benzene rings is 1. The van der Waals surface area contributed by atoms with Gasteiger partial charge < -0.3 is 5.32 Å². The molecule has 0 amide bonds. The van der Waals surface area contributed by atoms with E-state index in [0.29, 0.717) is 6.07 Å². The van der Waals surface area contributed by atoms with Crippen molar-refractivity contribution in [2.45, 2.75) is 25.7 Å². The molecule has 0 saturated heterocycles. The van der Waals surface area contributed by atoms with Crippen LogP contribution >= 0.6 is 0 Å². The van der Waals surface area contributed by atoms with Gasteiger partial charge in [0, 0.05) is 18.8 Å². The van der Waals surface area contributed by atoms with Crippen LogP contribution in [0.5, 0.6) is 0 Å². The van der Waals surface area contributed by atoms with Gasteiger partial charge in [0.2, 0.25) is 0 Å². The molecule has 0 spiro atoms. The van der Waals surface area contributed by atoms with Crippen molar-refractivity contribution in [1.82, 2.24) is 10.3 Å². The van der Waals surface area contributed by atoms with E-state index >= 15 is 0 Å². The fraction of sp³-hybridized carbons (Fsp3) is 0.267. The van der Waals surface area contributed by atoms with Gasteiger partial charge in [-0.3, -0.25) is 4.98 Å². The van der Waals surface area contributed by atoms with Gasteiger partial charge in [-0.05, 0) is 36.8 Å². The molecule has 0 saturated carbocycles. The highest BCUT2D eigenvalue weighted by Gasteiger charge is 2.33. The van der Waals surface area contributed by atoms with Crippen molar-refractivity contribution in [3.05, 3.63) is 65.2 Å². The number of nitrogens with one attached hydrogen (secondary N) is 1. The van der Waals surface area contributed by atoms with Gasteiger partial charge in [-0.2, -0.15) is 13.2 Å². The highest BCUT2D eigenvalue weighted by molar-refractivity contribution is 5.30. The number of pyridine rings is 1. The lowest BCUT2D eigenvalue weighted by atomic mass is 10.1. The summed E-state index contributed by atoms with van der Waals surface area (Å²) in [5, 5.41) is 2.96. The number of nitrogens with zero attached hydrogens (tertiary/aromatic N) is 1. The molecule has 2 aromatic rings. The average Bonchev–Trinajstić information content (AvgIpc) is 2.45. The molecule has 2 nitrogen and oxygen atoms in total. The molecule has 0 radical (unpaired) electrons. The molecule has 6 heteroatoms. The van der Waals surface area contributed by atoms with Crippen LogP contribution in [-0.4, -0.2) is 4.98 Å². The van der Waals surface area contributed by atoms with E-state index in [-0.39, 0.29) is 18.2 Å². The molecule has 1 aromatic carbocycles. The Bertz CT molecular complexity index is 596. The van der Waals surface area contributed by atoms with E-state index in [1.807, 2.05) is 0 Å². The Morgan fingerprint density at radius 2 is 1.95 bits per heavy atom. The average molecular weight is 298 g/mol. The van der Waals surface area contributed by atoms with E-state index in [1.54, 1.807) is 31.3 Å². The zero-order valence-corrected chi connectivity index (χ0v) is 11.3. The van der Waals surface area contributed by atoms with Crippen LogP contribution in [0.4, 0.5) is 17.6 Å². The maximum atomic E-state index is 13.0. The van der Waals surface area contributed by atoms with Crippen molar-refractivity contribution in [2.75, 3.05) is 0 Å². The summed E-state index contributed by atoms with van der Waals surface area (Å²) < 4.78 is 51.6. The quantitative estimate of drug-likeness (QED) is 0.860. The predicted molar refractivity (Wildman–Crippen MR) is 70.9 cm³/mol. The third kappa shape index (κ3) is 4.01. The summed E-state index contributed by atoms with van der Waals surface area (Å²) in [4.78, 5) is 4.13. The minimum absolute atomic E-state index is 0.00619. The summed E-state index contributed by atoms with van der Waals surface area (Å²) in [6.07, 6.45) is -2.96. The van der Waals surface area contributed by atoms with Gasteiger partial charge in [0.15, 0.2) is 0 Å². The second kappa shape index (κ2) is 6.22. The summed E-state index contributed by atoms with van der Waals surface area (Å²) >= 11 is 0. The fourth-order valence-corrected chi connectivity index (χ4v) is 1.97. The highest BCUT2D eigenvalue weighted by Crippen LogP contribution is 2.32. The lowest BCUT2D eigenvalue weighted by Gasteiger charge is -2.17. The van der Waals surface area contributed by atoms with Crippen LogP contribution in [0.15, 0.2) is 42.6 Å². The third-order valence-corrected chi connectivity index (χ3v) is 3.11. The highest BCUT2D eigenvalue weighted by atomic mass is 19.4. The van der Waals surface area contributed by atoms with Crippen molar-refractivity contribution >= 4 is 0 Å². The lowest BCUT2D eigenvalue weighted by molar-refractivity contribution is -0.138. The normalized spacial score (nSPS) is 13.2. The zero-order chi connectivity index (χ0) is 15.5. The van der Waals surface area contributed by atoms with Crippen molar-refractivity contribution in [1.29, 1.82) is 0 Å². The van der Waals surface area contributed by atoms with Crippen LogP contribution in [0, 0.1) is 5.82 Å². The van der Waals surface area contributed by atoms with Crippen LogP contribution in [0.1, 0.15) is 29.8 Å². The number of hydrogen-bond donors (Lipinski definition) is 1. The second-order valence-electron chi connectivity index (χ2n) is 4.66. The monoisotopic (exact) mass is 298 g/mol. The largest absolute Gasteiger partial charge is 0.416 e. The topological polar surface area (TPSA) is 24.9 Å². The summed E-state index contributed by atoms with van der Waals surface area (Å²) in [5.41, 5.74) is -0.219. The first-order valence-electron chi connectivity index (χ1n) is 6.38. The van der Waals surface area contributed by atoms with Gasteiger partial charge in [0.05, 0.1) is 11.3 Å². The smallest absolute Gasteiger partial charge is 0.305 e. The molecule has 0 aliphatic carbocycles. The Hall–Kier alpha value is -1.95. The standard InChI is InChI=1S/C15H14F4N2/c1-10(14-4-2-3-7-20-14)21-9-11-5-6-12(16)8-13(11)15(17,18)19/h2-8,10,21H,9H2,1H3/t10-/m1/s1. The van der Waals surface area contributed by atoms with Crippen LogP contribution < -0.4 is 5.32 Å². The SMILES string of the molecule is C[C@@H](NCc1ccc(F)cc1C(F)(F)F)c1ccccn1. The second-order valence-corrected chi connectivity index (χ2v) is 4.66. The molecular formula is C15H14F4N2. The van der Waals surface area contributed by atoms with Gasteiger partial charge in [-0.15, -0.1) is 0 Å². The van der Waals surface area contributed by atoms with Crippen molar-refractivity contribution in [3.63, 3.8) is 0 Å². The molecule has 0 fully saturated rings. The number of alkyl halides is 3. The number of rotatable bonds is 4. The first-order chi connectivity index (χ1) is 9.88. The Balaban J connectivity index is 2.14. The van der Waals surface area contributed by atoms with E-state index in [0.717, 1.165) is 17.8 Å². The van der Waals surface area contributed by atoms with Crippen LogP contribution in [0.2, 0.25) is 0 Å². The first kappa shape index (κ1) is 15.4. The molecule has 21 heavy (non-hydrogen) atoms. The van der Waals surface area contributed by atoms with E-state index in [2.05, 4.69) is 10.3 Å². The number of halogens is 4. The first-order valence-corrected chi connectivity index (χ1v) is 6.38. The van der Waals surface area contributed by atoms with Crippen LogP contribution in [0.3, 0.4) is 0 Å². The van der Waals surface area contributed by atoms with Gasteiger partial charge in [0.1, 0.15) is 5.82 Å². The molecule has 0 unspecified atom stereocenters.